The van der Waals surface area contributed by atoms with Crippen LogP contribution in [0, 0.1) is 0 Å². The molecule has 1 aromatic heterocycles. The van der Waals surface area contributed by atoms with Gasteiger partial charge in [-0.05, 0) is 31.4 Å². The zero-order valence-corrected chi connectivity index (χ0v) is 14.0. The largest absolute Gasteiger partial charge is 0.497 e. The minimum atomic E-state index is 0.286. The van der Waals surface area contributed by atoms with Crippen molar-refractivity contribution in [3.05, 3.63) is 35.2 Å². The minimum Gasteiger partial charge on any atom is -0.497 e. The Morgan fingerprint density at radius 1 is 1.29 bits per heavy atom. The Kier molecular flexibility index (Phi) is 4.88. The van der Waals surface area contributed by atoms with Gasteiger partial charge < -0.3 is 25.0 Å². The summed E-state index contributed by atoms with van der Waals surface area (Å²) in [7, 11) is 3.21. The lowest BCUT2D eigenvalue weighted by molar-refractivity contribution is 0.368. The van der Waals surface area contributed by atoms with Crippen LogP contribution < -0.4 is 20.5 Å². The molecule has 0 bridgehead atoms. The van der Waals surface area contributed by atoms with Gasteiger partial charge in [0.15, 0.2) is 5.96 Å². The van der Waals surface area contributed by atoms with Gasteiger partial charge in [-0.2, -0.15) is 0 Å². The molecule has 7 heteroatoms. The first-order chi connectivity index (χ1) is 11.7. The van der Waals surface area contributed by atoms with Crippen molar-refractivity contribution < 1.29 is 14.0 Å². The lowest BCUT2D eigenvalue weighted by Gasteiger charge is -2.12. The highest BCUT2D eigenvalue weighted by Gasteiger charge is 2.18. The van der Waals surface area contributed by atoms with Crippen LogP contribution in [-0.2, 0) is 19.4 Å². The maximum Gasteiger partial charge on any atom is 0.193 e. The fourth-order valence-corrected chi connectivity index (χ4v) is 2.82. The summed E-state index contributed by atoms with van der Waals surface area (Å²) in [6.45, 7) is 0.393. The lowest BCUT2D eigenvalue weighted by Crippen LogP contribution is -2.23. The summed E-state index contributed by atoms with van der Waals surface area (Å²) in [4.78, 5) is 4.37. The van der Waals surface area contributed by atoms with Gasteiger partial charge >= 0.3 is 0 Å². The highest BCUT2D eigenvalue weighted by Crippen LogP contribution is 2.29. The fraction of sp³-hybridized carbons (Fsp3) is 0.412. The number of hydrogen-bond acceptors (Lipinski definition) is 5. The molecule has 3 rings (SSSR count). The number of aliphatic imine (C=N–C) groups is 1. The molecule has 3 N–H and O–H groups in total. The molecule has 0 radical (unpaired) electrons. The number of rotatable bonds is 5. The van der Waals surface area contributed by atoms with Crippen molar-refractivity contribution in [1.29, 1.82) is 0 Å². The van der Waals surface area contributed by atoms with Crippen molar-refractivity contribution in [3.63, 3.8) is 0 Å². The molecule has 1 aliphatic rings. The second-order valence-corrected chi connectivity index (χ2v) is 5.63. The van der Waals surface area contributed by atoms with Gasteiger partial charge in [0, 0.05) is 18.1 Å². The Bertz CT molecular complexity index is 739. The van der Waals surface area contributed by atoms with E-state index in [0.29, 0.717) is 23.7 Å². The third kappa shape index (κ3) is 3.45. The van der Waals surface area contributed by atoms with Gasteiger partial charge in [0.25, 0.3) is 0 Å². The van der Waals surface area contributed by atoms with Crippen molar-refractivity contribution in [3.8, 4) is 11.5 Å². The lowest BCUT2D eigenvalue weighted by atomic mass is 9.96. The molecule has 0 fully saturated rings. The van der Waals surface area contributed by atoms with Crippen LogP contribution in [-0.4, -0.2) is 25.3 Å². The average molecular weight is 330 g/mol. The van der Waals surface area contributed by atoms with E-state index in [-0.39, 0.29) is 5.96 Å². The Labute approximate surface area is 140 Å². The number of aryl methyl sites for hydroxylation is 1. The van der Waals surface area contributed by atoms with E-state index in [1.54, 1.807) is 20.3 Å². The van der Waals surface area contributed by atoms with E-state index in [2.05, 4.69) is 15.5 Å². The third-order valence-electron chi connectivity index (χ3n) is 4.10. The Morgan fingerprint density at radius 2 is 2.12 bits per heavy atom. The number of aromatic nitrogens is 1. The molecular weight excluding hydrogens is 308 g/mol. The molecule has 7 nitrogen and oxygen atoms in total. The molecule has 0 aliphatic heterocycles. The number of methoxy groups -OCH3 is 2. The molecule has 0 unspecified atom stereocenters. The quantitative estimate of drug-likeness (QED) is 0.646. The van der Waals surface area contributed by atoms with Gasteiger partial charge in [0.05, 0.1) is 26.5 Å². The second kappa shape index (κ2) is 7.25. The zero-order chi connectivity index (χ0) is 16.9. The minimum absolute atomic E-state index is 0.286. The maximum absolute atomic E-state index is 6.00. The van der Waals surface area contributed by atoms with Gasteiger partial charge in [-0.15, -0.1) is 0 Å². The molecule has 0 atom stereocenters. The van der Waals surface area contributed by atoms with Crippen LogP contribution in [0.5, 0.6) is 11.5 Å². The van der Waals surface area contributed by atoms with Crippen LogP contribution in [0.4, 0.5) is 5.69 Å². The standard InChI is InChI=1S/C17H22N4O3/c1-22-11-7-8-16(23-2)13(9-11)20-17(18)19-10-14-12-5-3-4-6-15(12)24-21-14/h7-9H,3-6,10H2,1-2H3,(H3,18,19,20). The summed E-state index contributed by atoms with van der Waals surface area (Å²) in [5.41, 5.74) is 8.75. The Morgan fingerprint density at radius 3 is 2.92 bits per heavy atom. The monoisotopic (exact) mass is 330 g/mol. The van der Waals surface area contributed by atoms with Gasteiger partial charge in [0.1, 0.15) is 23.0 Å². The number of ether oxygens (including phenoxy) is 2. The number of nitrogens with one attached hydrogen (secondary N) is 1. The van der Waals surface area contributed by atoms with E-state index in [1.165, 1.54) is 12.0 Å². The molecule has 0 saturated heterocycles. The fourth-order valence-electron chi connectivity index (χ4n) is 2.82. The molecule has 1 heterocycles. The highest BCUT2D eigenvalue weighted by molar-refractivity contribution is 5.94. The first-order valence-electron chi connectivity index (χ1n) is 7.96. The predicted octanol–water partition coefficient (Wildman–Crippen LogP) is 2.50. The summed E-state index contributed by atoms with van der Waals surface area (Å²) < 4.78 is 15.9. The van der Waals surface area contributed by atoms with E-state index < -0.39 is 0 Å². The summed E-state index contributed by atoms with van der Waals surface area (Å²) in [5.74, 6) is 2.64. The van der Waals surface area contributed by atoms with E-state index in [0.717, 1.165) is 30.7 Å². The van der Waals surface area contributed by atoms with Crippen molar-refractivity contribution in [2.75, 3.05) is 19.5 Å². The first kappa shape index (κ1) is 16.2. The van der Waals surface area contributed by atoms with Crippen LogP contribution in [0.15, 0.2) is 27.7 Å². The van der Waals surface area contributed by atoms with E-state index >= 15 is 0 Å². The Balaban J connectivity index is 1.72. The Hall–Kier alpha value is -2.70. The van der Waals surface area contributed by atoms with Gasteiger partial charge in [0.2, 0.25) is 0 Å². The molecule has 0 amide bonds. The van der Waals surface area contributed by atoms with Crippen LogP contribution in [0.3, 0.4) is 0 Å². The summed E-state index contributed by atoms with van der Waals surface area (Å²) in [6, 6.07) is 5.43. The molecular formula is C17H22N4O3. The van der Waals surface area contributed by atoms with Gasteiger partial charge in [-0.25, -0.2) is 4.99 Å². The highest BCUT2D eigenvalue weighted by atomic mass is 16.5. The number of benzene rings is 1. The number of anilines is 1. The number of hydrogen-bond donors (Lipinski definition) is 2. The summed E-state index contributed by atoms with van der Waals surface area (Å²) in [6.07, 6.45) is 4.28. The van der Waals surface area contributed by atoms with Gasteiger partial charge in [-0.1, -0.05) is 5.16 Å². The van der Waals surface area contributed by atoms with Crippen LogP contribution in [0.2, 0.25) is 0 Å². The van der Waals surface area contributed by atoms with Crippen LogP contribution in [0.1, 0.15) is 29.9 Å². The molecule has 0 saturated carbocycles. The third-order valence-corrected chi connectivity index (χ3v) is 4.10. The molecule has 2 aromatic rings. The smallest absolute Gasteiger partial charge is 0.193 e. The normalized spacial score (nSPS) is 14.2. The molecule has 24 heavy (non-hydrogen) atoms. The van der Waals surface area contributed by atoms with E-state index in [1.807, 2.05) is 12.1 Å². The molecule has 0 spiro atoms. The molecule has 128 valence electrons. The molecule has 1 aromatic carbocycles. The topological polar surface area (TPSA) is 94.9 Å². The molecule has 1 aliphatic carbocycles. The van der Waals surface area contributed by atoms with Crippen molar-refractivity contribution in [2.24, 2.45) is 10.7 Å². The maximum atomic E-state index is 6.00. The van der Waals surface area contributed by atoms with Crippen molar-refractivity contribution >= 4 is 11.6 Å². The number of fused-ring (bicyclic) bond motifs is 1. The van der Waals surface area contributed by atoms with E-state index in [4.69, 9.17) is 19.7 Å². The zero-order valence-electron chi connectivity index (χ0n) is 14.0. The average Bonchev–Trinajstić information content (AvgIpc) is 3.03. The predicted molar refractivity (Wildman–Crippen MR) is 91.6 cm³/mol. The summed E-state index contributed by atoms with van der Waals surface area (Å²) >= 11 is 0. The number of nitrogens with zero attached hydrogens (tertiary/aromatic N) is 2. The van der Waals surface area contributed by atoms with Gasteiger partial charge in [-0.3, -0.25) is 0 Å². The SMILES string of the molecule is COc1ccc(OC)c(NC(N)=NCc2noc3c2CCCC3)c1. The van der Waals surface area contributed by atoms with Crippen LogP contribution >= 0.6 is 0 Å². The second-order valence-electron chi connectivity index (χ2n) is 5.63. The van der Waals surface area contributed by atoms with Crippen molar-refractivity contribution in [1.82, 2.24) is 5.16 Å². The summed E-state index contributed by atoms with van der Waals surface area (Å²) in [5, 5.41) is 7.17. The number of nitrogens with two attached hydrogens (primary N) is 1. The van der Waals surface area contributed by atoms with Crippen LogP contribution in [0.25, 0.3) is 0 Å². The van der Waals surface area contributed by atoms with E-state index in [9.17, 15) is 0 Å². The first-order valence-corrected chi connectivity index (χ1v) is 7.96. The number of guanidine groups is 1. The van der Waals surface area contributed by atoms with Crippen molar-refractivity contribution in [2.45, 2.75) is 32.2 Å².